The van der Waals surface area contributed by atoms with Crippen LogP contribution in [0.3, 0.4) is 0 Å². The Morgan fingerprint density at radius 3 is 2.58 bits per heavy atom. The summed E-state index contributed by atoms with van der Waals surface area (Å²) < 4.78 is 17.9. The molecule has 0 radical (unpaired) electrons. The van der Waals surface area contributed by atoms with Crippen LogP contribution in [-0.2, 0) is 4.74 Å². The molecule has 5 nitrogen and oxygen atoms in total. The third-order valence-electron chi connectivity index (χ3n) is 2.39. The molecule has 0 spiro atoms. The first kappa shape index (κ1) is 14.9. The van der Waals surface area contributed by atoms with Crippen molar-refractivity contribution in [1.29, 1.82) is 0 Å². The van der Waals surface area contributed by atoms with Crippen molar-refractivity contribution in [2.75, 3.05) is 19.7 Å². The first-order chi connectivity index (χ1) is 9.04. The summed E-state index contributed by atoms with van der Waals surface area (Å²) >= 11 is 0. The lowest BCUT2D eigenvalue weighted by atomic mass is 10.1. The number of halogens is 1. The van der Waals surface area contributed by atoms with E-state index < -0.39 is 11.9 Å². The van der Waals surface area contributed by atoms with E-state index in [-0.39, 0.29) is 24.6 Å². The maximum absolute atomic E-state index is 13.3. The van der Waals surface area contributed by atoms with Crippen molar-refractivity contribution < 1.29 is 18.7 Å². The van der Waals surface area contributed by atoms with E-state index in [9.17, 15) is 14.0 Å². The summed E-state index contributed by atoms with van der Waals surface area (Å²) in [7, 11) is 0. The molecule has 0 heterocycles. The highest BCUT2D eigenvalue weighted by molar-refractivity contribution is 5.94. The molecule has 2 amide bonds. The average molecular weight is 268 g/mol. The van der Waals surface area contributed by atoms with Gasteiger partial charge in [0.2, 0.25) is 0 Å². The Labute approximate surface area is 111 Å². The number of hydrogen-bond donors (Lipinski definition) is 2. The Morgan fingerprint density at radius 2 is 1.95 bits per heavy atom. The molecular weight excluding hydrogens is 251 g/mol. The summed E-state index contributed by atoms with van der Waals surface area (Å²) in [5, 5.41) is 5.03. The normalized spacial score (nSPS) is 9.84. The topological polar surface area (TPSA) is 67.4 Å². The molecule has 0 saturated heterocycles. The lowest BCUT2D eigenvalue weighted by molar-refractivity contribution is 0.0952. The number of benzene rings is 1. The van der Waals surface area contributed by atoms with Gasteiger partial charge >= 0.3 is 6.09 Å². The third-order valence-corrected chi connectivity index (χ3v) is 2.39. The lowest BCUT2D eigenvalue weighted by Gasteiger charge is -2.07. The number of alkyl carbamates (subject to hydrolysis) is 1. The molecule has 1 aromatic rings. The highest BCUT2D eigenvalue weighted by Crippen LogP contribution is 2.08. The molecule has 19 heavy (non-hydrogen) atoms. The monoisotopic (exact) mass is 268 g/mol. The van der Waals surface area contributed by atoms with Crippen molar-refractivity contribution in [2.45, 2.75) is 13.8 Å². The van der Waals surface area contributed by atoms with Gasteiger partial charge in [0, 0.05) is 18.7 Å². The van der Waals surface area contributed by atoms with Crippen LogP contribution in [0, 0.1) is 12.7 Å². The van der Waals surface area contributed by atoms with Crippen LogP contribution in [0.4, 0.5) is 9.18 Å². The lowest BCUT2D eigenvalue weighted by Crippen LogP contribution is -2.35. The smallest absolute Gasteiger partial charge is 0.407 e. The van der Waals surface area contributed by atoms with Crippen molar-refractivity contribution >= 4 is 12.0 Å². The van der Waals surface area contributed by atoms with E-state index in [1.807, 2.05) is 0 Å². The van der Waals surface area contributed by atoms with E-state index in [1.165, 1.54) is 6.07 Å². The number of amides is 2. The first-order valence-corrected chi connectivity index (χ1v) is 5.99. The summed E-state index contributed by atoms with van der Waals surface area (Å²) in [6.07, 6.45) is -0.530. The fourth-order valence-corrected chi connectivity index (χ4v) is 1.36. The summed E-state index contributed by atoms with van der Waals surface area (Å²) in [5.41, 5.74) is 0.736. The molecule has 1 aromatic carbocycles. The number of aryl methyl sites for hydroxylation is 1. The van der Waals surface area contributed by atoms with E-state index in [1.54, 1.807) is 26.0 Å². The number of ether oxygens (including phenoxy) is 1. The van der Waals surface area contributed by atoms with Gasteiger partial charge in [0.15, 0.2) is 0 Å². The quantitative estimate of drug-likeness (QED) is 0.797. The zero-order chi connectivity index (χ0) is 14.3. The van der Waals surface area contributed by atoms with E-state index in [2.05, 4.69) is 15.4 Å². The van der Waals surface area contributed by atoms with Gasteiger partial charge in [-0.15, -0.1) is 0 Å². The zero-order valence-corrected chi connectivity index (χ0v) is 11.0. The fourth-order valence-electron chi connectivity index (χ4n) is 1.36. The summed E-state index contributed by atoms with van der Waals surface area (Å²) in [6, 6.07) is 4.27. The number of carbonyl (C=O) groups excluding carboxylic acids is 2. The molecule has 1 rings (SSSR count). The summed E-state index contributed by atoms with van der Waals surface area (Å²) in [6.45, 7) is 4.11. The Bertz CT molecular complexity index is 463. The van der Waals surface area contributed by atoms with Crippen molar-refractivity contribution in [2.24, 2.45) is 0 Å². The van der Waals surface area contributed by atoms with Gasteiger partial charge in [-0.3, -0.25) is 4.79 Å². The number of rotatable bonds is 5. The van der Waals surface area contributed by atoms with Crippen molar-refractivity contribution in [1.82, 2.24) is 10.6 Å². The summed E-state index contributed by atoms with van der Waals surface area (Å²) in [5.74, 6) is -0.804. The zero-order valence-electron chi connectivity index (χ0n) is 11.0. The molecule has 0 bridgehead atoms. The van der Waals surface area contributed by atoms with E-state index in [0.29, 0.717) is 12.2 Å². The maximum atomic E-state index is 13.3. The van der Waals surface area contributed by atoms with Crippen LogP contribution in [0.1, 0.15) is 22.8 Å². The van der Waals surface area contributed by atoms with E-state index in [0.717, 1.165) is 0 Å². The molecule has 0 aromatic heterocycles. The first-order valence-electron chi connectivity index (χ1n) is 5.99. The largest absolute Gasteiger partial charge is 0.450 e. The Hall–Kier alpha value is -2.11. The van der Waals surface area contributed by atoms with Crippen LogP contribution >= 0.6 is 0 Å². The molecule has 0 aliphatic carbocycles. The van der Waals surface area contributed by atoms with Crippen LogP contribution in [0.2, 0.25) is 0 Å². The molecule has 6 heteroatoms. The molecule has 0 saturated carbocycles. The van der Waals surface area contributed by atoms with Crippen LogP contribution in [-0.4, -0.2) is 31.7 Å². The Balaban J connectivity index is 2.35. The fraction of sp³-hybridized carbons (Fsp3) is 0.385. The molecule has 104 valence electrons. The third kappa shape index (κ3) is 4.95. The van der Waals surface area contributed by atoms with Crippen molar-refractivity contribution in [3.05, 3.63) is 35.1 Å². The predicted octanol–water partition coefficient (Wildman–Crippen LogP) is 1.61. The van der Waals surface area contributed by atoms with Gasteiger partial charge in [-0.1, -0.05) is 6.07 Å². The molecular formula is C13H17FN2O3. The van der Waals surface area contributed by atoms with Crippen LogP contribution < -0.4 is 10.6 Å². The van der Waals surface area contributed by atoms with Gasteiger partial charge < -0.3 is 15.4 Å². The minimum absolute atomic E-state index is 0.243. The van der Waals surface area contributed by atoms with E-state index >= 15 is 0 Å². The standard InChI is InChI=1S/C13H17FN2O3/c1-3-19-13(18)16-7-6-15-12(17)10-5-4-9(2)11(14)8-10/h4-5,8H,3,6-7H2,1-2H3,(H,15,17)(H,16,18). The molecule has 0 atom stereocenters. The van der Waals surface area contributed by atoms with Crippen molar-refractivity contribution in [3.63, 3.8) is 0 Å². The molecule has 0 aliphatic heterocycles. The van der Waals surface area contributed by atoms with Gasteiger partial charge in [-0.2, -0.15) is 0 Å². The van der Waals surface area contributed by atoms with Gasteiger partial charge in [0.1, 0.15) is 5.82 Å². The van der Waals surface area contributed by atoms with E-state index in [4.69, 9.17) is 0 Å². The summed E-state index contributed by atoms with van der Waals surface area (Å²) in [4.78, 5) is 22.6. The van der Waals surface area contributed by atoms with Crippen LogP contribution in [0.15, 0.2) is 18.2 Å². The van der Waals surface area contributed by atoms with Crippen LogP contribution in [0.5, 0.6) is 0 Å². The second kappa shape index (κ2) is 7.35. The number of carbonyl (C=O) groups is 2. The second-order valence-electron chi connectivity index (χ2n) is 3.87. The molecule has 0 aliphatic rings. The predicted molar refractivity (Wildman–Crippen MR) is 68.5 cm³/mol. The SMILES string of the molecule is CCOC(=O)NCCNC(=O)c1ccc(C)c(F)c1. The number of nitrogens with one attached hydrogen (secondary N) is 2. The minimum atomic E-state index is -0.530. The van der Waals surface area contributed by atoms with Crippen molar-refractivity contribution in [3.8, 4) is 0 Å². The maximum Gasteiger partial charge on any atom is 0.407 e. The van der Waals surface area contributed by atoms with Gasteiger partial charge in [-0.25, -0.2) is 9.18 Å². The average Bonchev–Trinajstić information content (AvgIpc) is 2.38. The van der Waals surface area contributed by atoms with Gasteiger partial charge in [0.25, 0.3) is 5.91 Å². The molecule has 0 unspecified atom stereocenters. The highest BCUT2D eigenvalue weighted by atomic mass is 19.1. The molecule has 0 fully saturated rings. The van der Waals surface area contributed by atoms with Gasteiger partial charge in [-0.05, 0) is 31.5 Å². The van der Waals surface area contributed by atoms with Gasteiger partial charge in [0.05, 0.1) is 6.61 Å². The minimum Gasteiger partial charge on any atom is -0.450 e. The van der Waals surface area contributed by atoms with Crippen LogP contribution in [0.25, 0.3) is 0 Å². The highest BCUT2D eigenvalue weighted by Gasteiger charge is 2.07. The Morgan fingerprint density at radius 1 is 1.26 bits per heavy atom. The molecule has 2 N–H and O–H groups in total. The second-order valence-corrected chi connectivity index (χ2v) is 3.87. The number of hydrogen-bond acceptors (Lipinski definition) is 3. The Kier molecular flexibility index (Phi) is 5.78.